The number of carbonyl (C=O) groups excluding carboxylic acids is 3. The number of carbonyl (C=O) groups is 3. The summed E-state index contributed by atoms with van der Waals surface area (Å²) < 4.78 is 16.7. The zero-order valence-electron chi connectivity index (χ0n) is 39.6. The Balaban J connectivity index is 4.54. The van der Waals surface area contributed by atoms with Crippen molar-refractivity contribution in [2.45, 2.75) is 200 Å². The van der Waals surface area contributed by atoms with Crippen molar-refractivity contribution in [1.29, 1.82) is 0 Å². The molecule has 0 radical (unpaired) electrons. The van der Waals surface area contributed by atoms with Gasteiger partial charge >= 0.3 is 17.9 Å². The van der Waals surface area contributed by atoms with Crippen LogP contribution in [-0.2, 0) is 28.6 Å². The van der Waals surface area contributed by atoms with E-state index in [-0.39, 0.29) is 31.1 Å². The first-order valence-corrected chi connectivity index (χ1v) is 24.6. The highest BCUT2D eigenvalue weighted by Crippen LogP contribution is 2.13. The molecule has 0 aromatic heterocycles. The van der Waals surface area contributed by atoms with E-state index in [0.717, 1.165) is 122 Å². The molecule has 0 saturated heterocycles. The molecule has 62 heavy (non-hydrogen) atoms. The number of hydrogen-bond donors (Lipinski definition) is 0. The van der Waals surface area contributed by atoms with E-state index in [1.807, 2.05) is 60.8 Å². The van der Waals surface area contributed by atoms with E-state index < -0.39 is 6.10 Å². The SMILES string of the molecule is CC\C=C/C=C\C=C/C=C\C=C\C=C/CCCCCC(=O)OCC(COC(=O)CCCCCCC/C=C\C/C=C\CC)OC(=O)CCCCCCCC/C=C\C=C/CCCCC. The van der Waals surface area contributed by atoms with Gasteiger partial charge in [-0.2, -0.15) is 0 Å². The summed E-state index contributed by atoms with van der Waals surface area (Å²) >= 11 is 0. The lowest BCUT2D eigenvalue weighted by atomic mass is 10.1. The van der Waals surface area contributed by atoms with Crippen LogP contribution in [0, 0.1) is 0 Å². The average Bonchev–Trinajstić information content (AvgIpc) is 3.27. The van der Waals surface area contributed by atoms with E-state index in [2.05, 4.69) is 81.5 Å². The third-order valence-corrected chi connectivity index (χ3v) is 9.87. The lowest BCUT2D eigenvalue weighted by molar-refractivity contribution is -0.167. The van der Waals surface area contributed by atoms with Crippen molar-refractivity contribution in [3.05, 3.63) is 122 Å². The summed E-state index contributed by atoms with van der Waals surface area (Å²) in [6, 6.07) is 0. The van der Waals surface area contributed by atoms with Crippen LogP contribution >= 0.6 is 0 Å². The predicted molar refractivity (Wildman–Crippen MR) is 265 cm³/mol. The lowest BCUT2D eigenvalue weighted by Gasteiger charge is -2.18. The molecule has 0 aromatic rings. The lowest BCUT2D eigenvalue weighted by Crippen LogP contribution is -2.30. The van der Waals surface area contributed by atoms with Crippen molar-refractivity contribution < 1.29 is 28.6 Å². The van der Waals surface area contributed by atoms with Gasteiger partial charge in [0.1, 0.15) is 13.2 Å². The minimum absolute atomic E-state index is 0.109. The van der Waals surface area contributed by atoms with Gasteiger partial charge in [-0.15, -0.1) is 0 Å². The Morgan fingerprint density at radius 3 is 1.19 bits per heavy atom. The normalized spacial score (nSPS) is 13.1. The van der Waals surface area contributed by atoms with Crippen LogP contribution < -0.4 is 0 Å². The fourth-order valence-corrected chi connectivity index (χ4v) is 6.21. The molecule has 0 N–H and O–H groups in total. The molecule has 0 fully saturated rings. The van der Waals surface area contributed by atoms with Gasteiger partial charge in [-0.3, -0.25) is 14.4 Å². The van der Waals surface area contributed by atoms with E-state index in [1.54, 1.807) is 0 Å². The highest BCUT2D eigenvalue weighted by Gasteiger charge is 2.19. The zero-order chi connectivity index (χ0) is 45.1. The highest BCUT2D eigenvalue weighted by molar-refractivity contribution is 5.71. The zero-order valence-corrected chi connectivity index (χ0v) is 39.6. The first-order valence-electron chi connectivity index (χ1n) is 24.6. The second kappa shape index (κ2) is 49.5. The maximum absolute atomic E-state index is 12.8. The number of hydrogen-bond acceptors (Lipinski definition) is 6. The van der Waals surface area contributed by atoms with Gasteiger partial charge in [0.15, 0.2) is 6.10 Å². The van der Waals surface area contributed by atoms with Crippen LogP contribution in [0.3, 0.4) is 0 Å². The minimum atomic E-state index is -0.811. The van der Waals surface area contributed by atoms with Gasteiger partial charge in [-0.1, -0.05) is 206 Å². The van der Waals surface area contributed by atoms with E-state index in [1.165, 1.54) is 32.1 Å². The first-order chi connectivity index (χ1) is 30.5. The van der Waals surface area contributed by atoms with E-state index >= 15 is 0 Å². The molecule has 6 nitrogen and oxygen atoms in total. The van der Waals surface area contributed by atoms with Crippen LogP contribution in [0.5, 0.6) is 0 Å². The third-order valence-electron chi connectivity index (χ3n) is 9.87. The Kier molecular flexibility index (Phi) is 46.1. The second-order valence-electron chi connectivity index (χ2n) is 15.8. The molecule has 0 bridgehead atoms. The molecule has 348 valence electrons. The predicted octanol–water partition coefficient (Wildman–Crippen LogP) is 16.1. The van der Waals surface area contributed by atoms with Crippen LogP contribution in [0.1, 0.15) is 194 Å². The molecular formula is C56H88O6. The number of allylic oxidation sites excluding steroid dienone is 20. The van der Waals surface area contributed by atoms with E-state index in [0.29, 0.717) is 19.3 Å². The van der Waals surface area contributed by atoms with Gasteiger partial charge in [-0.05, 0) is 89.9 Å². The van der Waals surface area contributed by atoms with Crippen molar-refractivity contribution in [3.63, 3.8) is 0 Å². The van der Waals surface area contributed by atoms with Gasteiger partial charge in [0, 0.05) is 19.3 Å². The van der Waals surface area contributed by atoms with Crippen molar-refractivity contribution in [2.24, 2.45) is 0 Å². The average molecular weight is 857 g/mol. The molecule has 0 amide bonds. The summed E-state index contributed by atoms with van der Waals surface area (Å²) in [6.45, 7) is 6.27. The third kappa shape index (κ3) is 46.9. The second-order valence-corrected chi connectivity index (χ2v) is 15.8. The van der Waals surface area contributed by atoms with Crippen LogP contribution in [0.2, 0.25) is 0 Å². The molecule has 1 unspecified atom stereocenters. The van der Waals surface area contributed by atoms with Gasteiger partial charge < -0.3 is 14.2 Å². The standard InChI is InChI=1S/C56H88O6/c1-4-7-10-13-16-19-22-25-27-28-30-31-34-37-40-43-46-49-55(58)61-52-53(51-60-54(57)48-45-42-39-36-33-24-21-18-15-12-9-6-3)62-56(59)50-47-44-41-38-35-32-29-26-23-20-17-14-11-8-5-2/h7,9-10,12-13,16-23,25-28,30-31,34,53H,4-6,8,11,14-15,24,29,32-33,35-52H2,1-3H3/b10-7-,12-9-,16-13-,20-17-,21-18-,22-19-,26-23-,27-25-,30-28+,34-31-. The molecule has 0 saturated carbocycles. The maximum Gasteiger partial charge on any atom is 0.306 e. The Morgan fingerprint density at radius 2 is 0.710 bits per heavy atom. The Labute approximate surface area is 380 Å². The van der Waals surface area contributed by atoms with Gasteiger partial charge in [0.2, 0.25) is 0 Å². The van der Waals surface area contributed by atoms with Crippen LogP contribution in [0.15, 0.2) is 122 Å². The molecule has 6 heteroatoms. The smallest absolute Gasteiger partial charge is 0.306 e. The summed E-state index contributed by atoms with van der Waals surface area (Å²) in [5, 5.41) is 0. The van der Waals surface area contributed by atoms with Crippen LogP contribution in [0.4, 0.5) is 0 Å². The summed E-state index contributed by atoms with van der Waals surface area (Å²) in [5.41, 5.74) is 0. The monoisotopic (exact) mass is 857 g/mol. The van der Waals surface area contributed by atoms with Crippen molar-refractivity contribution in [1.82, 2.24) is 0 Å². The summed E-state index contributed by atoms with van der Waals surface area (Å²) in [4.78, 5) is 37.9. The summed E-state index contributed by atoms with van der Waals surface area (Å²) in [7, 11) is 0. The summed E-state index contributed by atoms with van der Waals surface area (Å²) in [6.07, 6.45) is 67.4. The number of rotatable bonds is 42. The maximum atomic E-state index is 12.8. The van der Waals surface area contributed by atoms with Crippen molar-refractivity contribution in [3.8, 4) is 0 Å². The summed E-state index contributed by atoms with van der Waals surface area (Å²) in [5.74, 6) is -0.989. The molecule has 0 aromatic carbocycles. The van der Waals surface area contributed by atoms with Gasteiger partial charge in [0.05, 0.1) is 0 Å². The quantitative estimate of drug-likeness (QED) is 0.0200. The Bertz CT molecular complexity index is 1350. The number of esters is 3. The largest absolute Gasteiger partial charge is 0.462 e. The highest BCUT2D eigenvalue weighted by atomic mass is 16.6. The molecule has 0 heterocycles. The van der Waals surface area contributed by atoms with E-state index in [9.17, 15) is 14.4 Å². The van der Waals surface area contributed by atoms with Gasteiger partial charge in [-0.25, -0.2) is 0 Å². The van der Waals surface area contributed by atoms with Gasteiger partial charge in [0.25, 0.3) is 0 Å². The molecule has 0 aliphatic heterocycles. The molecular weight excluding hydrogens is 769 g/mol. The van der Waals surface area contributed by atoms with Crippen LogP contribution in [0.25, 0.3) is 0 Å². The van der Waals surface area contributed by atoms with Crippen molar-refractivity contribution >= 4 is 17.9 Å². The topological polar surface area (TPSA) is 78.9 Å². The first kappa shape index (κ1) is 57.8. The number of unbranched alkanes of at least 4 members (excludes halogenated alkanes) is 17. The van der Waals surface area contributed by atoms with Crippen molar-refractivity contribution in [2.75, 3.05) is 13.2 Å². The number of ether oxygens (including phenoxy) is 3. The molecule has 0 spiro atoms. The fourth-order valence-electron chi connectivity index (χ4n) is 6.21. The molecule has 0 rings (SSSR count). The Hall–Kier alpha value is -4.19. The fraction of sp³-hybridized carbons (Fsp3) is 0.589. The molecule has 0 aliphatic rings. The van der Waals surface area contributed by atoms with E-state index in [4.69, 9.17) is 14.2 Å². The molecule has 0 aliphatic carbocycles. The minimum Gasteiger partial charge on any atom is -0.462 e. The Morgan fingerprint density at radius 1 is 0.355 bits per heavy atom. The molecule has 1 atom stereocenters. The van der Waals surface area contributed by atoms with Crippen LogP contribution in [-0.4, -0.2) is 37.2 Å².